The Morgan fingerprint density at radius 3 is 2.10 bits per heavy atom. The number of nitrogens with one attached hydrogen (secondary N) is 1. The van der Waals surface area contributed by atoms with Crippen LogP contribution in [0.2, 0.25) is 0 Å². The maximum absolute atomic E-state index is 12.4. The zero-order chi connectivity index (χ0) is 15.7. The van der Waals surface area contributed by atoms with Crippen LogP contribution in [0.4, 0.5) is 5.69 Å². The van der Waals surface area contributed by atoms with Gasteiger partial charge in [0.1, 0.15) is 4.90 Å². The van der Waals surface area contributed by atoms with Gasteiger partial charge in [-0.15, -0.1) is 0 Å². The van der Waals surface area contributed by atoms with Crippen molar-refractivity contribution in [3.05, 3.63) is 21.1 Å². The van der Waals surface area contributed by atoms with Gasteiger partial charge in [0.2, 0.25) is 10.0 Å². The normalized spacial score (nSPS) is 12.9. The molecule has 1 aromatic rings. The standard InChI is InChI=1S/C12H19Br2N3O2S/c1-12(2,17(3)4)7-16-20(18,19)11-9(13)5-8(15)6-10(11)14/h5-6,16H,7,15H2,1-4H3. The first-order chi connectivity index (χ1) is 8.97. The van der Waals surface area contributed by atoms with E-state index >= 15 is 0 Å². The predicted octanol–water partition coefficient (Wildman–Crippen LogP) is 2.41. The fourth-order valence-electron chi connectivity index (χ4n) is 1.34. The molecule has 0 bridgehead atoms. The summed E-state index contributed by atoms with van der Waals surface area (Å²) in [6, 6.07) is 3.13. The molecule has 1 rings (SSSR count). The highest BCUT2D eigenvalue weighted by Gasteiger charge is 2.26. The van der Waals surface area contributed by atoms with E-state index in [9.17, 15) is 8.42 Å². The van der Waals surface area contributed by atoms with Gasteiger partial charge in [-0.1, -0.05) is 0 Å². The van der Waals surface area contributed by atoms with Crippen LogP contribution in [0.3, 0.4) is 0 Å². The maximum atomic E-state index is 12.4. The van der Waals surface area contributed by atoms with Gasteiger partial charge >= 0.3 is 0 Å². The van der Waals surface area contributed by atoms with E-state index in [2.05, 4.69) is 36.6 Å². The van der Waals surface area contributed by atoms with Gasteiger partial charge in [0.25, 0.3) is 0 Å². The van der Waals surface area contributed by atoms with Gasteiger partial charge in [0.15, 0.2) is 0 Å². The third-order valence-corrected chi connectivity index (χ3v) is 6.47. The first-order valence-electron chi connectivity index (χ1n) is 5.89. The molecule has 0 saturated heterocycles. The molecule has 0 amide bonds. The highest BCUT2D eigenvalue weighted by molar-refractivity contribution is 9.11. The molecule has 0 saturated carbocycles. The monoisotopic (exact) mass is 427 g/mol. The summed E-state index contributed by atoms with van der Waals surface area (Å²) in [6.07, 6.45) is 0. The van der Waals surface area contributed by atoms with E-state index in [1.54, 1.807) is 12.1 Å². The maximum Gasteiger partial charge on any atom is 0.242 e. The van der Waals surface area contributed by atoms with E-state index in [0.717, 1.165) is 0 Å². The molecule has 0 aromatic heterocycles. The van der Waals surface area contributed by atoms with Crippen LogP contribution >= 0.6 is 31.9 Å². The van der Waals surface area contributed by atoms with Crippen molar-refractivity contribution in [2.45, 2.75) is 24.3 Å². The summed E-state index contributed by atoms with van der Waals surface area (Å²) >= 11 is 6.49. The molecule has 8 heteroatoms. The zero-order valence-electron chi connectivity index (χ0n) is 11.9. The first-order valence-corrected chi connectivity index (χ1v) is 8.96. The molecular weight excluding hydrogens is 410 g/mol. The number of halogens is 2. The van der Waals surface area contributed by atoms with Crippen molar-refractivity contribution in [2.24, 2.45) is 0 Å². The molecule has 0 aliphatic rings. The average molecular weight is 429 g/mol. The SMILES string of the molecule is CN(C)C(C)(C)CNS(=O)(=O)c1c(Br)cc(N)cc1Br. The van der Waals surface area contributed by atoms with E-state index in [0.29, 0.717) is 21.2 Å². The number of anilines is 1. The summed E-state index contributed by atoms with van der Waals surface area (Å²) in [7, 11) is 0.181. The highest BCUT2D eigenvalue weighted by atomic mass is 79.9. The summed E-state index contributed by atoms with van der Waals surface area (Å²) in [5, 5.41) is 0. The molecule has 20 heavy (non-hydrogen) atoms. The van der Waals surface area contributed by atoms with E-state index < -0.39 is 10.0 Å². The number of nitrogens with two attached hydrogens (primary N) is 1. The molecule has 0 aliphatic carbocycles. The second-order valence-electron chi connectivity index (χ2n) is 5.35. The first kappa shape index (κ1) is 17.9. The third kappa shape index (κ3) is 4.17. The number of hydrogen-bond acceptors (Lipinski definition) is 4. The lowest BCUT2D eigenvalue weighted by Crippen LogP contribution is -2.48. The number of nitrogens with zero attached hydrogens (tertiary/aromatic N) is 1. The van der Waals surface area contributed by atoms with Crippen LogP contribution in [0.5, 0.6) is 0 Å². The molecule has 0 radical (unpaired) electrons. The Morgan fingerprint density at radius 2 is 1.70 bits per heavy atom. The second kappa shape index (κ2) is 6.31. The van der Waals surface area contributed by atoms with E-state index in [1.165, 1.54) is 0 Å². The Bertz CT molecular complexity index is 578. The Morgan fingerprint density at radius 1 is 1.25 bits per heavy atom. The van der Waals surface area contributed by atoms with Gasteiger partial charge in [-0.3, -0.25) is 0 Å². The fourth-order valence-corrected chi connectivity index (χ4v) is 5.16. The number of sulfonamides is 1. The van der Waals surface area contributed by atoms with Crippen molar-refractivity contribution in [3.63, 3.8) is 0 Å². The molecule has 5 nitrogen and oxygen atoms in total. The molecule has 0 aliphatic heterocycles. The number of benzene rings is 1. The molecule has 3 N–H and O–H groups in total. The van der Waals surface area contributed by atoms with Crippen LogP contribution in [0.25, 0.3) is 0 Å². The van der Waals surface area contributed by atoms with Crippen molar-refractivity contribution >= 4 is 47.6 Å². The average Bonchev–Trinajstić information content (AvgIpc) is 2.24. The minimum Gasteiger partial charge on any atom is -0.399 e. The Hall–Kier alpha value is -0.150. The fraction of sp³-hybridized carbons (Fsp3) is 0.500. The van der Waals surface area contributed by atoms with E-state index in [4.69, 9.17) is 5.73 Å². The van der Waals surface area contributed by atoms with Gasteiger partial charge in [-0.2, -0.15) is 0 Å². The lowest BCUT2D eigenvalue weighted by molar-refractivity contribution is 0.199. The summed E-state index contributed by atoms with van der Waals surface area (Å²) in [5.41, 5.74) is 5.86. The highest BCUT2D eigenvalue weighted by Crippen LogP contribution is 2.32. The van der Waals surface area contributed by atoms with Crippen LogP contribution < -0.4 is 10.5 Å². The Kier molecular flexibility index (Phi) is 5.65. The van der Waals surface area contributed by atoms with Crippen molar-refractivity contribution in [2.75, 3.05) is 26.4 Å². The van der Waals surface area contributed by atoms with Gasteiger partial charge in [0, 0.05) is 26.7 Å². The minimum atomic E-state index is -3.63. The zero-order valence-corrected chi connectivity index (χ0v) is 15.9. The van der Waals surface area contributed by atoms with Gasteiger partial charge < -0.3 is 10.6 Å². The molecule has 0 spiro atoms. The quantitative estimate of drug-likeness (QED) is 0.706. The number of hydrogen-bond donors (Lipinski definition) is 2. The summed E-state index contributed by atoms with van der Waals surface area (Å²) < 4.78 is 28.3. The molecule has 0 unspecified atom stereocenters. The molecule has 0 atom stereocenters. The smallest absolute Gasteiger partial charge is 0.242 e. The third-order valence-electron chi connectivity index (χ3n) is 3.19. The summed E-state index contributed by atoms with van der Waals surface area (Å²) in [6.45, 7) is 4.22. The van der Waals surface area contributed by atoms with Crippen LogP contribution in [0.15, 0.2) is 26.0 Å². The number of likely N-dealkylation sites (N-methyl/N-ethyl adjacent to an activating group) is 1. The van der Waals surface area contributed by atoms with Gasteiger partial charge in [-0.25, -0.2) is 13.1 Å². The van der Waals surface area contributed by atoms with Crippen molar-refractivity contribution in [1.29, 1.82) is 0 Å². The van der Waals surface area contributed by atoms with Crippen LogP contribution in [-0.2, 0) is 10.0 Å². The number of nitrogen functional groups attached to an aromatic ring is 1. The topological polar surface area (TPSA) is 75.4 Å². The van der Waals surface area contributed by atoms with E-state index in [1.807, 2.05) is 32.8 Å². The molecule has 114 valence electrons. The van der Waals surface area contributed by atoms with Crippen molar-refractivity contribution in [3.8, 4) is 0 Å². The second-order valence-corrected chi connectivity index (χ2v) is 8.76. The van der Waals surface area contributed by atoms with Crippen LogP contribution in [0.1, 0.15) is 13.8 Å². The number of rotatable bonds is 5. The molecule has 0 heterocycles. The van der Waals surface area contributed by atoms with Crippen molar-refractivity contribution in [1.82, 2.24) is 9.62 Å². The summed E-state index contributed by atoms with van der Waals surface area (Å²) in [4.78, 5) is 2.11. The Labute approximate surface area is 137 Å². The minimum absolute atomic E-state index is 0.154. The molecule has 0 fully saturated rings. The van der Waals surface area contributed by atoms with Crippen LogP contribution in [-0.4, -0.2) is 39.5 Å². The largest absolute Gasteiger partial charge is 0.399 e. The van der Waals surface area contributed by atoms with E-state index in [-0.39, 0.29) is 10.4 Å². The van der Waals surface area contributed by atoms with Crippen molar-refractivity contribution < 1.29 is 8.42 Å². The predicted molar refractivity (Wildman–Crippen MR) is 89.2 cm³/mol. The van der Waals surface area contributed by atoms with Gasteiger partial charge in [0.05, 0.1) is 0 Å². The van der Waals surface area contributed by atoms with Crippen LogP contribution in [0, 0.1) is 0 Å². The lowest BCUT2D eigenvalue weighted by atomic mass is 10.1. The Balaban J connectivity index is 3.08. The lowest BCUT2D eigenvalue weighted by Gasteiger charge is -2.32. The molecule has 1 aromatic carbocycles. The summed E-state index contributed by atoms with van der Waals surface area (Å²) in [5.74, 6) is 0. The molecular formula is C12H19Br2N3O2S. The van der Waals surface area contributed by atoms with Gasteiger partial charge in [-0.05, 0) is 71.9 Å².